The molecule has 4 rings (SSSR count). The molecule has 1 saturated carbocycles. The molecule has 2 aliphatic rings. The van der Waals surface area contributed by atoms with Crippen molar-refractivity contribution in [3.8, 4) is 11.3 Å². The molecule has 19 heavy (non-hydrogen) atoms. The van der Waals surface area contributed by atoms with Gasteiger partial charge in [0.05, 0.1) is 6.54 Å². The molecule has 2 heterocycles. The van der Waals surface area contributed by atoms with E-state index < -0.39 is 0 Å². The van der Waals surface area contributed by atoms with Gasteiger partial charge in [-0.15, -0.1) is 0 Å². The van der Waals surface area contributed by atoms with E-state index in [2.05, 4.69) is 28.3 Å². The average Bonchev–Trinajstić information content (AvgIpc) is 3.16. The monoisotopic (exact) mass is 254 g/mol. The fourth-order valence-electron chi connectivity index (χ4n) is 3.55. The van der Waals surface area contributed by atoms with Crippen molar-refractivity contribution in [2.45, 2.75) is 31.8 Å². The lowest BCUT2D eigenvalue weighted by Crippen LogP contribution is -2.31. The Labute approximate surface area is 113 Å². The Morgan fingerprint density at radius 1 is 1.21 bits per heavy atom. The van der Waals surface area contributed by atoms with Crippen molar-refractivity contribution in [2.75, 3.05) is 6.54 Å². The van der Waals surface area contributed by atoms with Crippen LogP contribution in [0.5, 0.6) is 0 Å². The number of aromatic nitrogens is 1. The van der Waals surface area contributed by atoms with Gasteiger partial charge in [0.2, 0.25) is 0 Å². The Hall–Kier alpha value is -1.61. The van der Waals surface area contributed by atoms with Crippen LogP contribution in [0.25, 0.3) is 11.3 Å². The molecule has 0 radical (unpaired) electrons. The van der Waals surface area contributed by atoms with E-state index in [4.69, 9.17) is 4.52 Å². The minimum Gasteiger partial charge on any atom is -0.359 e. The van der Waals surface area contributed by atoms with E-state index >= 15 is 0 Å². The van der Waals surface area contributed by atoms with Gasteiger partial charge in [-0.25, -0.2) is 0 Å². The highest BCUT2D eigenvalue weighted by Gasteiger charge is 2.37. The normalized spacial score (nSPS) is 26.1. The minimum absolute atomic E-state index is 0.787. The van der Waals surface area contributed by atoms with E-state index in [-0.39, 0.29) is 0 Å². The molecule has 0 unspecified atom stereocenters. The first-order valence-electron chi connectivity index (χ1n) is 7.13. The zero-order valence-electron chi connectivity index (χ0n) is 11.0. The summed E-state index contributed by atoms with van der Waals surface area (Å²) >= 11 is 0. The Morgan fingerprint density at radius 3 is 2.84 bits per heavy atom. The first kappa shape index (κ1) is 11.2. The van der Waals surface area contributed by atoms with Crippen LogP contribution < -0.4 is 0 Å². The Bertz CT molecular complexity index is 563. The quantitative estimate of drug-likeness (QED) is 0.841. The van der Waals surface area contributed by atoms with Crippen LogP contribution in [0.1, 0.15) is 25.0 Å². The minimum atomic E-state index is 0.787. The molecule has 1 aromatic heterocycles. The highest BCUT2D eigenvalue weighted by molar-refractivity contribution is 5.58. The third-order valence-corrected chi connectivity index (χ3v) is 4.51. The summed E-state index contributed by atoms with van der Waals surface area (Å²) in [7, 11) is 0. The highest BCUT2D eigenvalue weighted by atomic mass is 16.5. The summed E-state index contributed by atoms with van der Waals surface area (Å²) in [6.07, 6.45) is 4.18. The second kappa shape index (κ2) is 4.49. The van der Waals surface area contributed by atoms with Crippen molar-refractivity contribution in [3.05, 3.63) is 42.2 Å². The summed E-state index contributed by atoms with van der Waals surface area (Å²) in [5.41, 5.74) is 2.07. The first-order chi connectivity index (χ1) is 9.38. The van der Waals surface area contributed by atoms with Crippen LogP contribution in [0.15, 0.2) is 40.9 Å². The van der Waals surface area contributed by atoms with E-state index in [1.807, 2.05) is 18.2 Å². The van der Waals surface area contributed by atoms with Gasteiger partial charge in [-0.1, -0.05) is 35.5 Å². The predicted octanol–water partition coefficient (Wildman–Crippen LogP) is 3.33. The zero-order valence-corrected chi connectivity index (χ0v) is 11.0. The summed E-state index contributed by atoms with van der Waals surface area (Å²) in [5, 5.41) is 4.19. The van der Waals surface area contributed by atoms with Gasteiger partial charge in [-0.2, -0.15) is 0 Å². The third-order valence-electron chi connectivity index (χ3n) is 4.51. The van der Waals surface area contributed by atoms with Crippen molar-refractivity contribution >= 4 is 0 Å². The van der Waals surface area contributed by atoms with Gasteiger partial charge in [-0.05, 0) is 25.2 Å². The van der Waals surface area contributed by atoms with E-state index in [0.717, 1.165) is 35.5 Å². The van der Waals surface area contributed by atoms with Gasteiger partial charge in [0, 0.05) is 24.2 Å². The van der Waals surface area contributed by atoms with Gasteiger partial charge in [0.25, 0.3) is 0 Å². The SMILES string of the molecule is c1ccc(-c2cc(CN3C[C@H]4CC[C@H]3C4)on2)cc1. The number of likely N-dealkylation sites (tertiary alicyclic amines) is 1. The molecule has 3 nitrogen and oxygen atoms in total. The van der Waals surface area contributed by atoms with Crippen LogP contribution >= 0.6 is 0 Å². The van der Waals surface area contributed by atoms with Gasteiger partial charge < -0.3 is 4.52 Å². The largest absolute Gasteiger partial charge is 0.359 e. The van der Waals surface area contributed by atoms with E-state index in [0.29, 0.717) is 0 Å². The summed E-state index contributed by atoms with van der Waals surface area (Å²) in [4.78, 5) is 2.56. The van der Waals surface area contributed by atoms with Crippen LogP contribution in [0.3, 0.4) is 0 Å². The number of hydrogen-bond acceptors (Lipinski definition) is 3. The summed E-state index contributed by atoms with van der Waals surface area (Å²) in [5.74, 6) is 1.92. The molecule has 2 atom stereocenters. The molecular weight excluding hydrogens is 236 g/mol. The maximum atomic E-state index is 5.50. The molecule has 2 bridgehead atoms. The Balaban J connectivity index is 1.50. The third kappa shape index (κ3) is 2.08. The zero-order chi connectivity index (χ0) is 12.7. The number of benzene rings is 1. The smallest absolute Gasteiger partial charge is 0.151 e. The number of nitrogens with zero attached hydrogens (tertiary/aromatic N) is 2. The molecule has 2 aromatic rings. The number of rotatable bonds is 3. The van der Waals surface area contributed by atoms with Gasteiger partial charge >= 0.3 is 0 Å². The molecular formula is C16H18N2O. The van der Waals surface area contributed by atoms with Crippen LogP contribution in [0.4, 0.5) is 0 Å². The van der Waals surface area contributed by atoms with E-state index in [9.17, 15) is 0 Å². The maximum Gasteiger partial charge on any atom is 0.151 e. The fraction of sp³-hybridized carbons (Fsp3) is 0.438. The molecule has 1 aliphatic heterocycles. The Morgan fingerprint density at radius 2 is 2.11 bits per heavy atom. The second-order valence-corrected chi connectivity index (χ2v) is 5.81. The van der Waals surface area contributed by atoms with Crippen molar-refractivity contribution < 1.29 is 4.52 Å². The standard InChI is InChI=1S/C16H18N2O/c1-2-4-13(5-3-1)16-9-15(19-17-16)11-18-10-12-6-7-14(18)8-12/h1-5,9,12,14H,6-8,10-11H2/t12-,14-/m0/s1. The molecule has 3 heteroatoms. The lowest BCUT2D eigenvalue weighted by molar-refractivity contribution is 0.183. The van der Waals surface area contributed by atoms with Crippen LogP contribution in [0, 0.1) is 5.92 Å². The molecule has 2 fully saturated rings. The van der Waals surface area contributed by atoms with Gasteiger partial charge in [-0.3, -0.25) is 4.90 Å². The highest BCUT2D eigenvalue weighted by Crippen LogP contribution is 2.38. The van der Waals surface area contributed by atoms with Crippen molar-refractivity contribution in [2.24, 2.45) is 5.92 Å². The molecule has 1 saturated heterocycles. The number of hydrogen-bond donors (Lipinski definition) is 0. The number of fused-ring (bicyclic) bond motifs is 2. The molecule has 0 amide bonds. The van der Waals surface area contributed by atoms with E-state index in [1.165, 1.54) is 25.8 Å². The van der Waals surface area contributed by atoms with Crippen LogP contribution in [0.2, 0.25) is 0 Å². The molecule has 1 aliphatic carbocycles. The topological polar surface area (TPSA) is 29.3 Å². The number of piperidine rings is 1. The van der Waals surface area contributed by atoms with Crippen LogP contribution in [-0.2, 0) is 6.54 Å². The summed E-state index contributed by atoms with van der Waals surface area (Å²) in [6, 6.07) is 13.1. The Kier molecular flexibility index (Phi) is 2.66. The van der Waals surface area contributed by atoms with Crippen LogP contribution in [-0.4, -0.2) is 22.6 Å². The lowest BCUT2D eigenvalue weighted by Gasteiger charge is -2.25. The summed E-state index contributed by atoms with van der Waals surface area (Å²) < 4.78 is 5.50. The predicted molar refractivity (Wildman–Crippen MR) is 73.5 cm³/mol. The van der Waals surface area contributed by atoms with Gasteiger partial charge in [0.15, 0.2) is 5.76 Å². The summed E-state index contributed by atoms with van der Waals surface area (Å²) in [6.45, 7) is 2.16. The van der Waals surface area contributed by atoms with Crippen molar-refractivity contribution in [3.63, 3.8) is 0 Å². The molecule has 1 aromatic carbocycles. The maximum absolute atomic E-state index is 5.50. The second-order valence-electron chi connectivity index (χ2n) is 5.81. The molecule has 98 valence electrons. The first-order valence-corrected chi connectivity index (χ1v) is 7.13. The fourth-order valence-corrected chi connectivity index (χ4v) is 3.55. The van der Waals surface area contributed by atoms with Crippen molar-refractivity contribution in [1.29, 1.82) is 0 Å². The van der Waals surface area contributed by atoms with Gasteiger partial charge in [0.1, 0.15) is 5.69 Å². The molecule has 0 N–H and O–H groups in total. The molecule has 0 spiro atoms. The van der Waals surface area contributed by atoms with E-state index in [1.54, 1.807) is 0 Å². The van der Waals surface area contributed by atoms with Crippen molar-refractivity contribution in [1.82, 2.24) is 10.1 Å². The lowest BCUT2D eigenvalue weighted by atomic mass is 10.1. The average molecular weight is 254 g/mol.